The van der Waals surface area contributed by atoms with E-state index in [2.05, 4.69) is 10.4 Å². The lowest BCUT2D eigenvalue weighted by Crippen LogP contribution is -2.34. The number of anilines is 2. The Labute approximate surface area is 231 Å². The number of sulfonamides is 1. The first-order chi connectivity index (χ1) is 18.6. The molecule has 2 heterocycles. The van der Waals surface area contributed by atoms with Crippen molar-refractivity contribution in [2.45, 2.75) is 23.2 Å². The van der Waals surface area contributed by atoms with Crippen LogP contribution in [0.1, 0.15) is 28.2 Å². The van der Waals surface area contributed by atoms with Crippen molar-refractivity contribution >= 4 is 39.2 Å². The van der Waals surface area contributed by atoms with Crippen molar-refractivity contribution in [1.82, 2.24) is 14.1 Å². The Morgan fingerprint density at radius 1 is 1.18 bits per heavy atom. The van der Waals surface area contributed by atoms with Gasteiger partial charge in [0.05, 0.1) is 6.20 Å². The minimum Gasteiger partial charge on any atom is -0.355 e. The fourth-order valence-corrected chi connectivity index (χ4v) is 7.97. The van der Waals surface area contributed by atoms with Crippen molar-refractivity contribution in [3.05, 3.63) is 106 Å². The monoisotopic (exact) mass is 563 g/mol. The van der Waals surface area contributed by atoms with E-state index in [9.17, 15) is 12.8 Å². The summed E-state index contributed by atoms with van der Waals surface area (Å²) in [5, 5.41) is 16.1. The van der Waals surface area contributed by atoms with Crippen molar-refractivity contribution in [2.24, 2.45) is 13.0 Å². The number of halogens is 2. The Morgan fingerprint density at radius 3 is 2.62 bits per heavy atom. The summed E-state index contributed by atoms with van der Waals surface area (Å²) >= 11 is 6.36. The zero-order valence-electron chi connectivity index (χ0n) is 21.4. The number of rotatable bonds is 7. The maximum Gasteiger partial charge on any atom is 0.246 e. The topological polar surface area (TPSA) is 91.1 Å². The number of piperidine rings is 1. The van der Waals surface area contributed by atoms with Crippen molar-refractivity contribution < 1.29 is 12.8 Å². The number of benzene rings is 3. The third-order valence-electron chi connectivity index (χ3n) is 8.05. The molecule has 2 aliphatic rings. The van der Waals surface area contributed by atoms with Gasteiger partial charge in [-0.1, -0.05) is 23.7 Å². The Bertz CT molecular complexity index is 1710. The molecule has 3 atom stereocenters. The lowest BCUT2D eigenvalue weighted by atomic mass is 9.86. The predicted molar refractivity (Wildman–Crippen MR) is 150 cm³/mol. The van der Waals surface area contributed by atoms with E-state index in [1.807, 2.05) is 43.3 Å². The highest BCUT2D eigenvalue weighted by Gasteiger charge is 2.71. The molecule has 39 heavy (non-hydrogen) atoms. The van der Waals surface area contributed by atoms with Crippen molar-refractivity contribution in [1.29, 1.82) is 5.41 Å². The number of fused-ring (bicyclic) bond motifs is 1. The van der Waals surface area contributed by atoms with Gasteiger partial charge < -0.3 is 10.7 Å². The van der Waals surface area contributed by atoms with Gasteiger partial charge in [0.25, 0.3) is 0 Å². The third kappa shape index (κ3) is 4.25. The molecule has 1 aliphatic carbocycles. The summed E-state index contributed by atoms with van der Waals surface area (Å²) in [7, 11) is -2.03. The first-order valence-electron chi connectivity index (χ1n) is 12.6. The minimum absolute atomic E-state index is 0.0515. The van der Waals surface area contributed by atoms with E-state index >= 15 is 0 Å². The molecule has 0 unspecified atom stereocenters. The number of aryl methyl sites for hydroxylation is 2. The van der Waals surface area contributed by atoms with Gasteiger partial charge in [-0.05, 0) is 78.1 Å². The van der Waals surface area contributed by atoms with Crippen LogP contribution in [-0.4, -0.2) is 41.8 Å². The second-order valence-corrected chi connectivity index (χ2v) is 12.7. The predicted octanol–water partition coefficient (Wildman–Crippen LogP) is 5.62. The number of hydrogen-bond donors (Lipinski definition) is 2. The summed E-state index contributed by atoms with van der Waals surface area (Å²) in [6.45, 7) is 2.70. The highest BCUT2D eigenvalue weighted by atomic mass is 35.5. The molecule has 1 aromatic heterocycles. The molecule has 1 saturated heterocycles. The smallest absolute Gasteiger partial charge is 0.246 e. The van der Waals surface area contributed by atoms with Crippen molar-refractivity contribution in [3.8, 4) is 0 Å². The summed E-state index contributed by atoms with van der Waals surface area (Å²) in [4.78, 5) is 0.177. The summed E-state index contributed by atoms with van der Waals surface area (Å²) in [5.41, 5.74) is 4.72. The van der Waals surface area contributed by atoms with Gasteiger partial charge in [0.1, 0.15) is 10.7 Å². The minimum atomic E-state index is -3.73. The Hall–Kier alpha value is -3.53. The van der Waals surface area contributed by atoms with Crippen LogP contribution >= 0.6 is 11.6 Å². The molecule has 6 rings (SSSR count). The van der Waals surface area contributed by atoms with E-state index in [1.165, 1.54) is 35.4 Å². The molecule has 0 bridgehead atoms. The second-order valence-electron chi connectivity index (χ2n) is 10.4. The standard InChI is InChI=1S/C29H27ClFN5O2S/c1-18-10-27(34-23-8-6-22(31)7-9-23)20(13-32)12-25(18)29-17-36(39(37,38)24-14-33-35(2)15-24)16-26(29)28(29)19-4-3-5-21(30)11-19/h3-15,26,28,32,34H,16-17H2,1-2H3/t26-,28+,29+/m0/s1. The average molecular weight is 564 g/mol. The van der Waals surface area contributed by atoms with Crippen LogP contribution in [0.4, 0.5) is 15.8 Å². The molecular formula is C29H27ClFN5O2S. The number of aromatic nitrogens is 2. The highest BCUT2D eigenvalue weighted by Crippen LogP contribution is 2.70. The Morgan fingerprint density at radius 2 is 1.95 bits per heavy atom. The van der Waals surface area contributed by atoms with Crippen molar-refractivity contribution in [3.63, 3.8) is 0 Å². The van der Waals surface area contributed by atoms with Crippen LogP contribution < -0.4 is 5.32 Å². The normalized spacial score (nSPS) is 22.5. The van der Waals surface area contributed by atoms with Crippen LogP contribution in [0.15, 0.2) is 78.0 Å². The summed E-state index contributed by atoms with van der Waals surface area (Å²) in [6, 6.07) is 17.8. The molecule has 200 valence electrons. The number of nitrogens with one attached hydrogen (secondary N) is 2. The lowest BCUT2D eigenvalue weighted by molar-refractivity contribution is 0.421. The van der Waals surface area contributed by atoms with Gasteiger partial charge in [-0.2, -0.15) is 9.40 Å². The molecule has 3 aromatic carbocycles. The van der Waals surface area contributed by atoms with Crippen LogP contribution in [0.5, 0.6) is 0 Å². The zero-order chi connectivity index (χ0) is 27.5. The first kappa shape index (κ1) is 25.7. The van der Waals surface area contributed by atoms with Gasteiger partial charge in [0, 0.05) is 65.8 Å². The van der Waals surface area contributed by atoms with Crippen LogP contribution in [0.3, 0.4) is 0 Å². The lowest BCUT2D eigenvalue weighted by Gasteiger charge is -2.26. The van der Waals surface area contributed by atoms with Gasteiger partial charge in [0.15, 0.2) is 0 Å². The van der Waals surface area contributed by atoms with Gasteiger partial charge in [-0.25, -0.2) is 12.8 Å². The van der Waals surface area contributed by atoms with Gasteiger partial charge in [0.2, 0.25) is 10.0 Å². The molecule has 0 radical (unpaired) electrons. The van der Waals surface area contributed by atoms with Gasteiger partial charge in [-0.3, -0.25) is 4.68 Å². The van der Waals surface area contributed by atoms with Crippen LogP contribution in [0.25, 0.3) is 0 Å². The Balaban J connectivity index is 1.42. The average Bonchev–Trinajstić information content (AvgIpc) is 3.18. The first-order valence-corrected chi connectivity index (χ1v) is 14.4. The van der Waals surface area contributed by atoms with Gasteiger partial charge >= 0.3 is 0 Å². The van der Waals surface area contributed by atoms with E-state index < -0.39 is 15.4 Å². The van der Waals surface area contributed by atoms with E-state index in [0.717, 1.165) is 22.4 Å². The second kappa shape index (κ2) is 9.29. The van der Waals surface area contributed by atoms with E-state index in [0.29, 0.717) is 29.4 Å². The summed E-state index contributed by atoms with van der Waals surface area (Å²) < 4.78 is 43.6. The summed E-state index contributed by atoms with van der Waals surface area (Å²) in [6.07, 6.45) is 4.19. The molecule has 1 aliphatic heterocycles. The van der Waals surface area contributed by atoms with Crippen LogP contribution in [0, 0.1) is 24.1 Å². The summed E-state index contributed by atoms with van der Waals surface area (Å²) in [5.74, 6) is -0.183. The molecule has 2 fully saturated rings. The third-order valence-corrected chi connectivity index (χ3v) is 10.1. The Kier molecular flexibility index (Phi) is 6.13. The number of nitrogens with zero attached hydrogens (tertiary/aromatic N) is 3. The molecule has 0 amide bonds. The fraction of sp³-hybridized carbons (Fsp3) is 0.241. The van der Waals surface area contributed by atoms with E-state index in [-0.39, 0.29) is 22.5 Å². The maximum absolute atomic E-state index is 13.6. The van der Waals surface area contributed by atoms with Crippen LogP contribution in [-0.2, 0) is 22.5 Å². The maximum atomic E-state index is 13.6. The molecule has 7 nitrogen and oxygen atoms in total. The molecule has 10 heteroatoms. The largest absolute Gasteiger partial charge is 0.355 e. The molecule has 2 N–H and O–H groups in total. The van der Waals surface area contributed by atoms with E-state index in [4.69, 9.17) is 17.0 Å². The van der Waals surface area contributed by atoms with Crippen molar-refractivity contribution in [2.75, 3.05) is 18.4 Å². The molecule has 1 saturated carbocycles. The zero-order valence-corrected chi connectivity index (χ0v) is 23.0. The quantitative estimate of drug-likeness (QED) is 0.286. The fourth-order valence-electron chi connectivity index (χ4n) is 6.27. The van der Waals surface area contributed by atoms with Gasteiger partial charge in [-0.15, -0.1) is 0 Å². The molecular weight excluding hydrogens is 537 g/mol. The SMILES string of the molecule is Cc1cc(Nc2ccc(F)cc2)c(C=N)cc1[C@]12CN(S(=O)(=O)c3cnn(C)c3)C[C@H]1[C@H]2c1cccc(Cl)c1. The number of hydrogen-bond acceptors (Lipinski definition) is 5. The molecule has 4 aromatic rings. The highest BCUT2D eigenvalue weighted by molar-refractivity contribution is 7.89. The van der Waals surface area contributed by atoms with Crippen LogP contribution in [0.2, 0.25) is 5.02 Å². The molecule has 0 spiro atoms. The van der Waals surface area contributed by atoms with E-state index in [1.54, 1.807) is 23.5 Å².